The molecule has 1 unspecified atom stereocenters. The van der Waals surface area contributed by atoms with Crippen LogP contribution in [0.3, 0.4) is 0 Å². The molecule has 7 heteroatoms. The van der Waals surface area contributed by atoms with Gasteiger partial charge in [0, 0.05) is 12.2 Å². The van der Waals surface area contributed by atoms with Crippen molar-refractivity contribution in [3.8, 4) is 0 Å². The molecule has 1 fully saturated rings. The van der Waals surface area contributed by atoms with Crippen LogP contribution in [0.4, 0.5) is 10.5 Å². The first-order valence-electron chi connectivity index (χ1n) is 8.38. The highest BCUT2D eigenvalue weighted by molar-refractivity contribution is 7.89. The van der Waals surface area contributed by atoms with Crippen molar-refractivity contribution in [2.24, 2.45) is 0 Å². The Labute approximate surface area is 153 Å². The molecule has 1 atom stereocenters. The Morgan fingerprint density at radius 3 is 2.42 bits per heavy atom. The van der Waals surface area contributed by atoms with Crippen LogP contribution >= 0.6 is 0 Å². The van der Waals surface area contributed by atoms with Gasteiger partial charge in [0.15, 0.2) is 0 Å². The lowest BCUT2D eigenvalue weighted by Crippen LogP contribution is -2.35. The number of rotatable bonds is 5. The lowest BCUT2D eigenvalue weighted by Gasteiger charge is -2.14. The Bertz CT molecular complexity index is 923. The number of cyclic esters (lactones) is 1. The summed E-state index contributed by atoms with van der Waals surface area (Å²) in [6.07, 6.45) is -1.01. The molecule has 0 aliphatic carbocycles. The number of anilines is 1. The van der Waals surface area contributed by atoms with E-state index in [-0.39, 0.29) is 11.4 Å². The van der Waals surface area contributed by atoms with Crippen molar-refractivity contribution >= 4 is 21.8 Å². The zero-order valence-electron chi connectivity index (χ0n) is 15.0. The molecule has 0 radical (unpaired) electrons. The Kier molecular flexibility index (Phi) is 5.02. The first-order valence-corrected chi connectivity index (χ1v) is 9.86. The van der Waals surface area contributed by atoms with Crippen molar-refractivity contribution in [1.82, 2.24) is 4.72 Å². The van der Waals surface area contributed by atoms with Crippen LogP contribution in [0.15, 0.2) is 47.4 Å². The molecule has 0 saturated carbocycles. The maximum absolute atomic E-state index is 12.6. The van der Waals surface area contributed by atoms with Crippen LogP contribution in [-0.2, 0) is 14.8 Å². The molecule has 0 spiro atoms. The fourth-order valence-electron chi connectivity index (χ4n) is 2.84. The maximum Gasteiger partial charge on any atom is 0.414 e. The quantitative estimate of drug-likeness (QED) is 0.873. The Morgan fingerprint density at radius 1 is 1.08 bits per heavy atom. The van der Waals surface area contributed by atoms with Gasteiger partial charge in [-0.2, -0.15) is 0 Å². The van der Waals surface area contributed by atoms with E-state index < -0.39 is 22.2 Å². The highest BCUT2D eigenvalue weighted by atomic mass is 32.2. The molecule has 0 aromatic heterocycles. The molecule has 1 N–H and O–H groups in total. The van der Waals surface area contributed by atoms with Crippen LogP contribution in [0.1, 0.15) is 16.7 Å². The zero-order valence-corrected chi connectivity index (χ0v) is 15.8. The lowest BCUT2D eigenvalue weighted by atomic mass is 10.2. The third kappa shape index (κ3) is 3.89. The van der Waals surface area contributed by atoms with Crippen LogP contribution in [0.5, 0.6) is 0 Å². The smallest absolute Gasteiger partial charge is 0.414 e. The molecular weight excluding hydrogens is 352 g/mol. The lowest BCUT2D eigenvalue weighted by molar-refractivity contribution is 0.143. The predicted molar refractivity (Wildman–Crippen MR) is 99.9 cm³/mol. The second kappa shape index (κ2) is 7.09. The predicted octanol–water partition coefficient (Wildman–Crippen LogP) is 2.92. The summed E-state index contributed by atoms with van der Waals surface area (Å²) in [4.78, 5) is 13.8. The van der Waals surface area contributed by atoms with E-state index in [9.17, 15) is 13.2 Å². The minimum absolute atomic E-state index is 0.0316. The van der Waals surface area contributed by atoms with Gasteiger partial charge in [-0.1, -0.05) is 29.8 Å². The van der Waals surface area contributed by atoms with E-state index in [2.05, 4.69) is 4.72 Å². The third-order valence-corrected chi connectivity index (χ3v) is 5.92. The molecule has 3 rings (SSSR count). The van der Waals surface area contributed by atoms with Gasteiger partial charge in [0.25, 0.3) is 0 Å². The third-order valence-electron chi connectivity index (χ3n) is 4.35. The number of ether oxygens (including phenoxy) is 1. The number of carbonyl (C=O) groups excluding carboxylic acids is 1. The van der Waals surface area contributed by atoms with E-state index in [0.29, 0.717) is 12.1 Å². The number of carbonyl (C=O) groups is 1. The SMILES string of the molecule is Cc1ccc(N2CC(CNS(=O)(=O)c3cc(C)ccc3C)OC2=O)cc1. The number of hydrogen-bond acceptors (Lipinski definition) is 4. The van der Waals surface area contributed by atoms with Gasteiger partial charge in [-0.25, -0.2) is 17.9 Å². The van der Waals surface area contributed by atoms with Crippen molar-refractivity contribution in [3.63, 3.8) is 0 Å². The van der Waals surface area contributed by atoms with Gasteiger partial charge in [-0.3, -0.25) is 4.90 Å². The van der Waals surface area contributed by atoms with Crippen molar-refractivity contribution in [3.05, 3.63) is 59.2 Å². The second-order valence-corrected chi connectivity index (χ2v) is 8.31. The molecule has 26 heavy (non-hydrogen) atoms. The van der Waals surface area contributed by atoms with Crippen molar-refractivity contribution < 1.29 is 17.9 Å². The molecule has 0 bridgehead atoms. The molecule has 6 nitrogen and oxygen atoms in total. The Morgan fingerprint density at radius 2 is 1.73 bits per heavy atom. The van der Waals surface area contributed by atoms with E-state index in [1.807, 2.05) is 44.2 Å². The number of aryl methyl sites for hydroxylation is 3. The summed E-state index contributed by atoms with van der Waals surface area (Å²) in [5, 5.41) is 0. The highest BCUT2D eigenvalue weighted by Crippen LogP contribution is 2.22. The fourth-order valence-corrected chi connectivity index (χ4v) is 4.23. The summed E-state index contributed by atoms with van der Waals surface area (Å²) in [6.45, 7) is 5.90. The summed E-state index contributed by atoms with van der Waals surface area (Å²) in [7, 11) is -3.67. The zero-order chi connectivity index (χ0) is 18.9. The standard InChI is InChI=1S/C19H22N2O4S/c1-13-5-8-16(9-6-13)21-12-17(25-19(21)22)11-20-26(23,24)18-10-14(2)4-7-15(18)3/h4-10,17,20H,11-12H2,1-3H3. The van der Waals surface area contributed by atoms with Gasteiger partial charge >= 0.3 is 6.09 Å². The minimum Gasteiger partial charge on any atom is -0.443 e. The molecule has 2 aromatic carbocycles. The molecule has 1 amide bonds. The van der Waals surface area contributed by atoms with Gasteiger partial charge < -0.3 is 4.74 Å². The van der Waals surface area contributed by atoms with E-state index in [0.717, 1.165) is 16.8 Å². The Balaban J connectivity index is 1.68. The minimum atomic E-state index is -3.67. The van der Waals surface area contributed by atoms with Crippen LogP contribution < -0.4 is 9.62 Å². The fraction of sp³-hybridized carbons (Fsp3) is 0.316. The van der Waals surface area contributed by atoms with Gasteiger partial charge in [0.05, 0.1) is 11.4 Å². The summed E-state index contributed by atoms with van der Waals surface area (Å²) >= 11 is 0. The van der Waals surface area contributed by atoms with Crippen LogP contribution in [-0.4, -0.2) is 33.7 Å². The molecule has 1 saturated heterocycles. The van der Waals surface area contributed by atoms with Gasteiger partial charge in [-0.15, -0.1) is 0 Å². The maximum atomic E-state index is 12.6. The number of benzene rings is 2. The number of nitrogens with one attached hydrogen (secondary N) is 1. The van der Waals surface area contributed by atoms with E-state index in [1.54, 1.807) is 19.1 Å². The summed E-state index contributed by atoms with van der Waals surface area (Å²) < 4.78 is 33.0. The summed E-state index contributed by atoms with van der Waals surface area (Å²) in [5.74, 6) is 0. The van der Waals surface area contributed by atoms with E-state index >= 15 is 0 Å². The monoisotopic (exact) mass is 374 g/mol. The van der Waals surface area contributed by atoms with Crippen LogP contribution in [0, 0.1) is 20.8 Å². The molecule has 1 aliphatic rings. The second-order valence-electron chi connectivity index (χ2n) is 6.57. The van der Waals surface area contributed by atoms with E-state index in [1.165, 1.54) is 4.90 Å². The summed E-state index contributed by atoms with van der Waals surface area (Å²) in [6, 6.07) is 12.8. The van der Waals surface area contributed by atoms with Crippen molar-refractivity contribution in [2.75, 3.05) is 18.0 Å². The molecule has 1 aliphatic heterocycles. The van der Waals surface area contributed by atoms with Crippen molar-refractivity contribution in [2.45, 2.75) is 31.8 Å². The average Bonchev–Trinajstić information content (AvgIpc) is 2.97. The number of sulfonamides is 1. The van der Waals surface area contributed by atoms with Crippen LogP contribution in [0.25, 0.3) is 0 Å². The highest BCUT2D eigenvalue weighted by Gasteiger charge is 2.33. The molecule has 1 heterocycles. The average molecular weight is 374 g/mol. The van der Waals surface area contributed by atoms with Gasteiger partial charge in [-0.05, 0) is 50.1 Å². The topological polar surface area (TPSA) is 75.7 Å². The Hall–Kier alpha value is -2.38. The first kappa shape index (κ1) is 18.4. The van der Waals surface area contributed by atoms with Crippen molar-refractivity contribution in [1.29, 1.82) is 0 Å². The first-order chi connectivity index (χ1) is 12.3. The molecule has 2 aromatic rings. The normalized spacial score (nSPS) is 17.4. The van der Waals surface area contributed by atoms with Gasteiger partial charge in [0.1, 0.15) is 6.10 Å². The number of hydrogen-bond donors (Lipinski definition) is 1. The van der Waals surface area contributed by atoms with Crippen LogP contribution in [0.2, 0.25) is 0 Å². The largest absolute Gasteiger partial charge is 0.443 e. The molecule has 138 valence electrons. The summed E-state index contributed by atoms with van der Waals surface area (Å²) in [5.41, 5.74) is 3.38. The van der Waals surface area contributed by atoms with E-state index in [4.69, 9.17) is 4.74 Å². The van der Waals surface area contributed by atoms with Gasteiger partial charge in [0.2, 0.25) is 10.0 Å². The number of nitrogens with zero attached hydrogens (tertiary/aromatic N) is 1. The number of amides is 1. The molecular formula is C19H22N2O4S.